The lowest BCUT2D eigenvalue weighted by atomic mass is 9.98. The predicted octanol–water partition coefficient (Wildman–Crippen LogP) is 1.83. The third kappa shape index (κ3) is 5.17. The average molecular weight is 441 g/mol. The van der Waals surface area contributed by atoms with Crippen LogP contribution in [0.2, 0.25) is 0 Å². The number of thiazole rings is 1. The number of hydrogen-bond donors (Lipinski definition) is 2. The summed E-state index contributed by atoms with van der Waals surface area (Å²) >= 11 is 1.26. The SMILES string of the molecule is C[C@H](NC(=O)[C@@H]1CCCN(S(=O)(=O)c2ccc(F)cc2)C1)C(=O)Nc1nccs1. The Morgan fingerprint density at radius 2 is 2.03 bits per heavy atom. The Balaban J connectivity index is 1.61. The first-order chi connectivity index (χ1) is 13.8. The molecular formula is C18H21FN4O4S2. The van der Waals surface area contributed by atoms with Crippen molar-refractivity contribution in [3.63, 3.8) is 0 Å². The van der Waals surface area contributed by atoms with Crippen LogP contribution in [0.25, 0.3) is 0 Å². The van der Waals surface area contributed by atoms with Gasteiger partial charge >= 0.3 is 0 Å². The van der Waals surface area contributed by atoms with Crippen LogP contribution in [0.5, 0.6) is 0 Å². The highest BCUT2D eigenvalue weighted by atomic mass is 32.2. The number of aromatic nitrogens is 1. The van der Waals surface area contributed by atoms with E-state index in [-0.39, 0.29) is 23.9 Å². The van der Waals surface area contributed by atoms with Crippen molar-refractivity contribution in [3.05, 3.63) is 41.7 Å². The summed E-state index contributed by atoms with van der Waals surface area (Å²) in [5.74, 6) is -1.88. The second-order valence-corrected chi connectivity index (χ2v) is 9.55. The van der Waals surface area contributed by atoms with Crippen molar-refractivity contribution < 1.29 is 22.4 Å². The highest BCUT2D eigenvalue weighted by Crippen LogP contribution is 2.24. The van der Waals surface area contributed by atoms with Gasteiger partial charge in [-0.25, -0.2) is 17.8 Å². The molecule has 0 saturated carbocycles. The summed E-state index contributed by atoms with van der Waals surface area (Å²) in [5, 5.41) is 7.40. The van der Waals surface area contributed by atoms with Crippen LogP contribution in [0.3, 0.4) is 0 Å². The summed E-state index contributed by atoms with van der Waals surface area (Å²) in [4.78, 5) is 28.7. The number of carbonyl (C=O) groups excluding carboxylic acids is 2. The Morgan fingerprint density at radius 3 is 2.69 bits per heavy atom. The maximum absolute atomic E-state index is 13.1. The zero-order valence-corrected chi connectivity index (χ0v) is 17.3. The van der Waals surface area contributed by atoms with Crippen molar-refractivity contribution >= 4 is 38.3 Å². The highest BCUT2D eigenvalue weighted by molar-refractivity contribution is 7.89. The molecule has 29 heavy (non-hydrogen) atoms. The Morgan fingerprint density at radius 1 is 1.31 bits per heavy atom. The van der Waals surface area contributed by atoms with Gasteiger partial charge in [-0.2, -0.15) is 4.31 Å². The lowest BCUT2D eigenvalue weighted by Crippen LogP contribution is -2.49. The van der Waals surface area contributed by atoms with E-state index in [0.29, 0.717) is 18.0 Å². The molecule has 0 spiro atoms. The van der Waals surface area contributed by atoms with E-state index in [1.54, 1.807) is 18.5 Å². The molecule has 1 aliphatic heterocycles. The van der Waals surface area contributed by atoms with Gasteiger partial charge < -0.3 is 10.6 Å². The summed E-state index contributed by atoms with van der Waals surface area (Å²) in [6.07, 6.45) is 2.59. The van der Waals surface area contributed by atoms with Crippen molar-refractivity contribution in [2.24, 2.45) is 5.92 Å². The van der Waals surface area contributed by atoms with E-state index in [2.05, 4.69) is 15.6 Å². The number of halogens is 1. The molecule has 0 aliphatic carbocycles. The van der Waals surface area contributed by atoms with Crippen LogP contribution in [0.15, 0.2) is 40.7 Å². The molecule has 2 aromatic rings. The molecule has 8 nitrogen and oxygen atoms in total. The number of benzene rings is 1. The number of sulfonamides is 1. The van der Waals surface area contributed by atoms with Gasteiger partial charge in [0.05, 0.1) is 10.8 Å². The molecule has 3 rings (SSSR count). The van der Waals surface area contributed by atoms with E-state index in [4.69, 9.17) is 0 Å². The van der Waals surface area contributed by atoms with Crippen molar-refractivity contribution in [2.75, 3.05) is 18.4 Å². The number of piperidine rings is 1. The van der Waals surface area contributed by atoms with Crippen molar-refractivity contribution in [1.82, 2.24) is 14.6 Å². The first-order valence-electron chi connectivity index (χ1n) is 9.04. The fourth-order valence-corrected chi connectivity index (χ4v) is 5.08. The number of hydrogen-bond acceptors (Lipinski definition) is 6. The summed E-state index contributed by atoms with van der Waals surface area (Å²) < 4.78 is 39.9. The molecule has 1 aliphatic rings. The maximum Gasteiger partial charge on any atom is 0.248 e. The Labute approximate surface area is 172 Å². The predicted molar refractivity (Wildman–Crippen MR) is 106 cm³/mol. The maximum atomic E-state index is 13.1. The van der Waals surface area contributed by atoms with E-state index in [9.17, 15) is 22.4 Å². The van der Waals surface area contributed by atoms with E-state index in [1.165, 1.54) is 27.8 Å². The molecule has 0 bridgehead atoms. The van der Waals surface area contributed by atoms with E-state index < -0.39 is 33.7 Å². The van der Waals surface area contributed by atoms with Gasteiger partial charge in [-0.1, -0.05) is 0 Å². The molecule has 2 N–H and O–H groups in total. The smallest absolute Gasteiger partial charge is 0.248 e. The van der Waals surface area contributed by atoms with Gasteiger partial charge in [0.1, 0.15) is 11.9 Å². The standard InChI is InChI=1S/C18H21FN4O4S2/c1-12(16(24)22-18-20-8-10-28-18)21-17(25)13-3-2-9-23(11-13)29(26,27)15-6-4-14(19)5-7-15/h4-8,10,12-13H,2-3,9,11H2,1H3,(H,21,25)(H,20,22,24)/t12-,13+/m0/s1. The quantitative estimate of drug-likeness (QED) is 0.712. The number of anilines is 1. The Hall–Kier alpha value is -2.37. The van der Waals surface area contributed by atoms with Gasteiger partial charge in [0, 0.05) is 24.7 Å². The third-order valence-corrected chi connectivity index (χ3v) is 7.19. The van der Waals surface area contributed by atoms with Crippen LogP contribution in [-0.2, 0) is 19.6 Å². The highest BCUT2D eigenvalue weighted by Gasteiger charge is 2.34. The molecule has 1 fully saturated rings. The van der Waals surface area contributed by atoms with Gasteiger partial charge in [-0.05, 0) is 44.0 Å². The Kier molecular flexibility index (Phi) is 6.60. The summed E-state index contributed by atoms with van der Waals surface area (Å²) in [7, 11) is -3.82. The van der Waals surface area contributed by atoms with Gasteiger partial charge in [-0.15, -0.1) is 11.3 Å². The molecule has 11 heteroatoms. The molecule has 2 amide bonds. The minimum Gasteiger partial charge on any atom is -0.344 e. The number of nitrogens with one attached hydrogen (secondary N) is 2. The zero-order chi connectivity index (χ0) is 21.0. The summed E-state index contributed by atoms with van der Waals surface area (Å²) in [5.41, 5.74) is 0. The van der Waals surface area contributed by atoms with Gasteiger partial charge in [-0.3, -0.25) is 9.59 Å². The van der Waals surface area contributed by atoms with Crippen LogP contribution in [0.4, 0.5) is 9.52 Å². The molecule has 1 aromatic carbocycles. The van der Waals surface area contributed by atoms with Crippen molar-refractivity contribution in [2.45, 2.75) is 30.7 Å². The first kappa shape index (κ1) is 21.3. The van der Waals surface area contributed by atoms with Crippen molar-refractivity contribution in [3.8, 4) is 0 Å². The molecule has 156 valence electrons. The minimum absolute atomic E-state index is 0.00631. The van der Waals surface area contributed by atoms with Crippen LogP contribution < -0.4 is 10.6 Å². The molecule has 2 atom stereocenters. The summed E-state index contributed by atoms with van der Waals surface area (Å²) in [6.45, 7) is 1.84. The monoisotopic (exact) mass is 440 g/mol. The molecule has 1 aromatic heterocycles. The first-order valence-corrected chi connectivity index (χ1v) is 11.4. The van der Waals surface area contributed by atoms with E-state index in [0.717, 1.165) is 12.1 Å². The number of rotatable bonds is 6. The minimum atomic E-state index is -3.82. The van der Waals surface area contributed by atoms with Crippen LogP contribution >= 0.6 is 11.3 Å². The number of amides is 2. The number of nitrogens with zero attached hydrogens (tertiary/aromatic N) is 2. The van der Waals surface area contributed by atoms with Crippen LogP contribution in [-0.4, -0.2) is 48.7 Å². The molecule has 1 saturated heterocycles. The van der Waals surface area contributed by atoms with Crippen LogP contribution in [0, 0.1) is 11.7 Å². The normalized spacial score (nSPS) is 18.8. The van der Waals surface area contributed by atoms with Crippen molar-refractivity contribution in [1.29, 1.82) is 0 Å². The fourth-order valence-electron chi connectivity index (χ4n) is 3.03. The summed E-state index contributed by atoms with van der Waals surface area (Å²) in [6, 6.07) is 3.79. The Bertz CT molecular complexity index is 964. The molecular weight excluding hydrogens is 419 g/mol. The van der Waals surface area contributed by atoms with Gasteiger partial charge in [0.2, 0.25) is 21.8 Å². The zero-order valence-electron chi connectivity index (χ0n) is 15.7. The van der Waals surface area contributed by atoms with Gasteiger partial charge in [0.15, 0.2) is 5.13 Å². The van der Waals surface area contributed by atoms with E-state index in [1.807, 2.05) is 0 Å². The largest absolute Gasteiger partial charge is 0.344 e. The molecule has 0 radical (unpaired) electrons. The van der Waals surface area contributed by atoms with Crippen LogP contribution in [0.1, 0.15) is 19.8 Å². The van der Waals surface area contributed by atoms with Gasteiger partial charge in [0.25, 0.3) is 0 Å². The number of carbonyl (C=O) groups is 2. The average Bonchev–Trinajstić information content (AvgIpc) is 3.21. The topological polar surface area (TPSA) is 108 Å². The third-order valence-electron chi connectivity index (χ3n) is 4.62. The second-order valence-electron chi connectivity index (χ2n) is 6.71. The van der Waals surface area contributed by atoms with E-state index >= 15 is 0 Å². The lowest BCUT2D eigenvalue weighted by Gasteiger charge is -2.31. The molecule has 2 heterocycles. The molecule has 0 unspecified atom stereocenters. The fraction of sp³-hybridized carbons (Fsp3) is 0.389. The second kappa shape index (κ2) is 8.97. The lowest BCUT2D eigenvalue weighted by molar-refractivity contribution is -0.129.